The SMILES string of the molecule is CC1(C)c2cc(Br)ccc2-c2ccc(N3c4ccccc4C(C)(C)c4ccccc43)cc21. The van der Waals surface area contributed by atoms with Crippen LogP contribution in [0.25, 0.3) is 11.1 Å². The van der Waals surface area contributed by atoms with Crippen LogP contribution in [0, 0.1) is 0 Å². The summed E-state index contributed by atoms with van der Waals surface area (Å²) < 4.78 is 1.14. The third-order valence-corrected chi connectivity index (χ3v) is 8.01. The highest BCUT2D eigenvalue weighted by atomic mass is 79.9. The molecule has 0 N–H and O–H groups in total. The van der Waals surface area contributed by atoms with Gasteiger partial charge in [-0.2, -0.15) is 0 Å². The molecule has 0 atom stereocenters. The Kier molecular flexibility index (Phi) is 4.08. The maximum absolute atomic E-state index is 3.68. The third-order valence-electron chi connectivity index (χ3n) is 7.52. The zero-order chi connectivity index (χ0) is 22.3. The molecule has 0 amide bonds. The van der Waals surface area contributed by atoms with Gasteiger partial charge in [-0.05, 0) is 69.8 Å². The molecule has 0 aromatic heterocycles. The van der Waals surface area contributed by atoms with E-state index in [4.69, 9.17) is 0 Å². The molecule has 6 rings (SSSR count). The van der Waals surface area contributed by atoms with Crippen molar-refractivity contribution >= 4 is 33.0 Å². The van der Waals surface area contributed by atoms with Crippen LogP contribution >= 0.6 is 15.9 Å². The highest BCUT2D eigenvalue weighted by Gasteiger charge is 2.39. The topological polar surface area (TPSA) is 3.24 Å². The van der Waals surface area contributed by atoms with Crippen LogP contribution in [0.15, 0.2) is 89.4 Å². The van der Waals surface area contributed by atoms with E-state index in [9.17, 15) is 0 Å². The van der Waals surface area contributed by atoms with Gasteiger partial charge in [0.05, 0.1) is 11.4 Å². The van der Waals surface area contributed by atoms with Gasteiger partial charge in [-0.15, -0.1) is 0 Å². The minimum absolute atomic E-state index is 0.0395. The van der Waals surface area contributed by atoms with Crippen LogP contribution in [-0.2, 0) is 10.8 Å². The van der Waals surface area contributed by atoms with E-state index in [1.807, 2.05) is 0 Å². The van der Waals surface area contributed by atoms with Gasteiger partial charge in [0.1, 0.15) is 0 Å². The van der Waals surface area contributed by atoms with E-state index in [2.05, 4.69) is 133 Å². The molecule has 1 nitrogen and oxygen atoms in total. The van der Waals surface area contributed by atoms with Crippen molar-refractivity contribution in [2.24, 2.45) is 0 Å². The molecule has 0 radical (unpaired) electrons. The Morgan fingerprint density at radius 2 is 1.06 bits per heavy atom. The second-order valence-electron chi connectivity index (χ2n) is 10.0. The van der Waals surface area contributed by atoms with Crippen LogP contribution in [0.2, 0.25) is 0 Å². The van der Waals surface area contributed by atoms with Crippen LogP contribution < -0.4 is 4.90 Å². The van der Waals surface area contributed by atoms with E-state index >= 15 is 0 Å². The fourth-order valence-corrected chi connectivity index (χ4v) is 6.15. The first-order valence-corrected chi connectivity index (χ1v) is 12.0. The summed E-state index contributed by atoms with van der Waals surface area (Å²) in [5.41, 5.74) is 11.9. The van der Waals surface area contributed by atoms with Gasteiger partial charge >= 0.3 is 0 Å². The molecule has 0 fully saturated rings. The van der Waals surface area contributed by atoms with Crippen LogP contribution in [-0.4, -0.2) is 0 Å². The zero-order valence-electron chi connectivity index (χ0n) is 18.9. The van der Waals surface area contributed by atoms with Crippen LogP contribution in [0.5, 0.6) is 0 Å². The number of nitrogens with zero attached hydrogens (tertiary/aromatic N) is 1. The molecule has 0 saturated heterocycles. The summed E-state index contributed by atoms with van der Waals surface area (Å²) >= 11 is 3.68. The largest absolute Gasteiger partial charge is 0.310 e. The zero-order valence-corrected chi connectivity index (χ0v) is 20.5. The molecule has 0 spiro atoms. The van der Waals surface area contributed by atoms with Gasteiger partial charge in [-0.1, -0.05) is 92.2 Å². The number of fused-ring (bicyclic) bond motifs is 5. The van der Waals surface area contributed by atoms with Crippen LogP contribution in [0.1, 0.15) is 49.9 Å². The summed E-state index contributed by atoms with van der Waals surface area (Å²) in [6.07, 6.45) is 0. The molecule has 0 bridgehead atoms. The minimum Gasteiger partial charge on any atom is -0.310 e. The van der Waals surface area contributed by atoms with Crippen LogP contribution in [0.4, 0.5) is 17.1 Å². The maximum Gasteiger partial charge on any atom is 0.0502 e. The van der Waals surface area contributed by atoms with Crippen molar-refractivity contribution in [1.29, 1.82) is 0 Å². The minimum atomic E-state index is -0.0431. The van der Waals surface area contributed by atoms with Gasteiger partial charge in [0.15, 0.2) is 0 Å². The lowest BCUT2D eigenvalue weighted by Gasteiger charge is -2.42. The molecule has 4 aromatic carbocycles. The second kappa shape index (κ2) is 6.59. The predicted molar refractivity (Wildman–Crippen MR) is 139 cm³/mol. The first-order valence-electron chi connectivity index (χ1n) is 11.2. The molecule has 158 valence electrons. The number of rotatable bonds is 1. The summed E-state index contributed by atoms with van der Waals surface area (Å²) in [4.78, 5) is 2.45. The Hall–Kier alpha value is -2.84. The average Bonchev–Trinajstić information content (AvgIpc) is 3.00. The first kappa shape index (κ1) is 19.8. The highest BCUT2D eigenvalue weighted by molar-refractivity contribution is 9.10. The molecule has 0 saturated carbocycles. The van der Waals surface area contributed by atoms with E-state index in [0.29, 0.717) is 0 Å². The lowest BCUT2D eigenvalue weighted by atomic mass is 9.73. The Labute approximate surface area is 198 Å². The summed E-state index contributed by atoms with van der Waals surface area (Å²) in [6.45, 7) is 9.36. The van der Waals surface area contributed by atoms with Crippen molar-refractivity contribution < 1.29 is 0 Å². The predicted octanol–water partition coefficient (Wildman–Crippen LogP) is 8.86. The molecule has 1 heterocycles. The molecule has 4 aromatic rings. The Bertz CT molecular complexity index is 1350. The van der Waals surface area contributed by atoms with E-state index in [1.54, 1.807) is 0 Å². The molecular formula is C30H26BrN. The highest BCUT2D eigenvalue weighted by Crippen LogP contribution is 2.54. The lowest BCUT2D eigenvalue weighted by Crippen LogP contribution is -2.30. The van der Waals surface area contributed by atoms with E-state index < -0.39 is 0 Å². The van der Waals surface area contributed by atoms with Gasteiger partial charge in [0, 0.05) is 21.0 Å². The van der Waals surface area contributed by atoms with Gasteiger partial charge in [0.25, 0.3) is 0 Å². The van der Waals surface area contributed by atoms with Gasteiger partial charge in [-0.3, -0.25) is 0 Å². The lowest BCUT2D eigenvalue weighted by molar-refractivity contribution is 0.631. The third kappa shape index (κ3) is 2.56. The van der Waals surface area contributed by atoms with Crippen molar-refractivity contribution in [2.75, 3.05) is 4.90 Å². The Balaban J connectivity index is 1.59. The smallest absolute Gasteiger partial charge is 0.0502 e. The fourth-order valence-electron chi connectivity index (χ4n) is 5.78. The normalized spacial score (nSPS) is 16.7. The number of hydrogen-bond acceptors (Lipinski definition) is 1. The quantitative estimate of drug-likeness (QED) is 0.263. The van der Waals surface area contributed by atoms with Crippen LogP contribution in [0.3, 0.4) is 0 Å². The second-order valence-corrected chi connectivity index (χ2v) is 11.0. The van der Waals surface area contributed by atoms with E-state index in [1.165, 1.54) is 50.4 Å². The summed E-state index contributed by atoms with van der Waals surface area (Å²) in [7, 11) is 0. The van der Waals surface area contributed by atoms with Crippen molar-refractivity contribution in [3.8, 4) is 11.1 Å². The van der Waals surface area contributed by atoms with Crippen molar-refractivity contribution in [3.05, 3.63) is 112 Å². The number of para-hydroxylation sites is 2. The number of anilines is 3. The molecule has 1 aliphatic carbocycles. The summed E-state index contributed by atoms with van der Waals surface area (Å²) in [5, 5.41) is 0. The first-order chi connectivity index (χ1) is 15.3. The fraction of sp³-hybridized carbons (Fsp3) is 0.200. The molecule has 1 aliphatic heterocycles. The molecule has 0 unspecified atom stereocenters. The number of halogens is 1. The Morgan fingerprint density at radius 3 is 1.69 bits per heavy atom. The van der Waals surface area contributed by atoms with E-state index in [-0.39, 0.29) is 10.8 Å². The van der Waals surface area contributed by atoms with E-state index in [0.717, 1.165) is 4.47 Å². The van der Waals surface area contributed by atoms with Crippen molar-refractivity contribution in [2.45, 2.75) is 38.5 Å². The number of hydrogen-bond donors (Lipinski definition) is 0. The van der Waals surface area contributed by atoms with Gasteiger partial charge in [0.2, 0.25) is 0 Å². The molecular weight excluding hydrogens is 454 g/mol. The van der Waals surface area contributed by atoms with Crippen molar-refractivity contribution in [1.82, 2.24) is 0 Å². The van der Waals surface area contributed by atoms with Gasteiger partial charge in [-0.25, -0.2) is 0 Å². The standard InChI is InChI=1S/C30H26BrN/c1-29(2)23-9-5-7-11-27(23)32(28-12-8-6-10-24(28)29)20-14-16-22-21-15-13-19(31)17-25(21)30(3,4)26(22)18-20/h5-18H,1-4H3. The average molecular weight is 480 g/mol. The van der Waals surface area contributed by atoms with Crippen molar-refractivity contribution in [3.63, 3.8) is 0 Å². The number of benzene rings is 4. The van der Waals surface area contributed by atoms with Gasteiger partial charge < -0.3 is 4.90 Å². The Morgan fingerprint density at radius 1 is 0.562 bits per heavy atom. The monoisotopic (exact) mass is 479 g/mol. The summed E-state index contributed by atoms with van der Waals surface area (Å²) in [6, 6.07) is 31.4. The molecule has 2 aliphatic rings. The summed E-state index contributed by atoms with van der Waals surface area (Å²) in [5.74, 6) is 0. The maximum atomic E-state index is 3.68. The molecule has 32 heavy (non-hydrogen) atoms. The molecule has 2 heteroatoms.